The van der Waals surface area contributed by atoms with E-state index in [-0.39, 0.29) is 11.8 Å². The molecule has 0 aliphatic carbocycles. The minimum Gasteiger partial charge on any atom is -0.366 e. The van der Waals surface area contributed by atoms with Gasteiger partial charge in [0, 0.05) is 22.4 Å². The van der Waals surface area contributed by atoms with Crippen molar-refractivity contribution in [1.29, 1.82) is 0 Å². The maximum atomic E-state index is 13.1. The number of hydrogen-bond acceptors (Lipinski definition) is 4. The van der Waals surface area contributed by atoms with Crippen molar-refractivity contribution >= 4 is 50.3 Å². The minimum absolute atomic E-state index is 0.215. The number of thiophene rings is 1. The van der Waals surface area contributed by atoms with Gasteiger partial charge in [0.2, 0.25) is 0 Å². The Labute approximate surface area is 152 Å². The Morgan fingerprint density at radius 1 is 0.958 bits per heavy atom. The van der Waals surface area contributed by atoms with Crippen LogP contribution in [0.15, 0.2) is 51.9 Å². The van der Waals surface area contributed by atoms with Gasteiger partial charge in [-0.3, -0.25) is 9.59 Å². The second-order valence-electron chi connectivity index (χ2n) is 5.82. The van der Waals surface area contributed by atoms with Crippen molar-refractivity contribution in [3.63, 3.8) is 0 Å². The molecule has 0 radical (unpaired) electrons. The number of hydrogen-bond donors (Lipinski definition) is 0. The van der Waals surface area contributed by atoms with Crippen LogP contribution in [-0.4, -0.2) is 29.8 Å². The van der Waals surface area contributed by atoms with Crippen LogP contribution < -0.4 is 4.90 Å². The molecule has 0 spiro atoms. The number of benzene rings is 1. The van der Waals surface area contributed by atoms with E-state index in [0.29, 0.717) is 17.0 Å². The Morgan fingerprint density at radius 2 is 1.67 bits per heavy atom. The second kappa shape index (κ2) is 6.18. The molecule has 1 fully saturated rings. The molecule has 6 heteroatoms. The van der Waals surface area contributed by atoms with Gasteiger partial charge in [0.25, 0.3) is 11.8 Å². The third kappa shape index (κ3) is 2.50. The maximum absolute atomic E-state index is 13.1. The summed E-state index contributed by atoms with van der Waals surface area (Å²) in [5, 5.41) is 1.93. The number of carbonyl (C=O) groups is 2. The van der Waals surface area contributed by atoms with Gasteiger partial charge in [-0.05, 0) is 48.6 Å². The first kappa shape index (κ1) is 15.6. The lowest BCUT2D eigenvalue weighted by Crippen LogP contribution is -2.34. The minimum atomic E-state index is -0.230. The smallest absolute Gasteiger partial charge is 0.282 e. The normalized spacial score (nSPS) is 18.2. The summed E-state index contributed by atoms with van der Waals surface area (Å²) in [6, 6.07) is 11.1. The molecule has 24 heavy (non-hydrogen) atoms. The molecule has 2 aliphatic rings. The zero-order chi connectivity index (χ0) is 16.7. The fraction of sp³-hybridized carbons (Fsp3) is 0.222. The summed E-state index contributed by atoms with van der Waals surface area (Å²) in [6.45, 7) is 1.66. The molecule has 4 rings (SSSR count). The molecular weight excluding hydrogens is 388 g/mol. The van der Waals surface area contributed by atoms with Gasteiger partial charge in [-0.25, -0.2) is 4.90 Å². The first-order chi connectivity index (χ1) is 11.7. The molecule has 1 aromatic heterocycles. The lowest BCUT2D eigenvalue weighted by atomic mass is 10.2. The summed E-state index contributed by atoms with van der Waals surface area (Å²) in [5.74, 6) is -0.445. The quantitative estimate of drug-likeness (QED) is 0.731. The standard InChI is InChI=1S/C18H15BrN2O2S/c19-12-5-7-13(8-6-12)21-17(22)15(14-4-3-11-24-14)16(18(21)23)20-9-1-2-10-20/h3-8,11H,1-2,9-10H2. The van der Waals surface area contributed by atoms with Crippen LogP contribution in [-0.2, 0) is 9.59 Å². The van der Waals surface area contributed by atoms with Gasteiger partial charge >= 0.3 is 0 Å². The molecule has 0 bridgehead atoms. The van der Waals surface area contributed by atoms with E-state index in [0.717, 1.165) is 35.3 Å². The number of carbonyl (C=O) groups excluding carboxylic acids is 2. The van der Waals surface area contributed by atoms with Crippen molar-refractivity contribution < 1.29 is 9.59 Å². The highest BCUT2D eigenvalue weighted by Crippen LogP contribution is 2.37. The largest absolute Gasteiger partial charge is 0.366 e. The third-order valence-electron chi connectivity index (χ3n) is 4.33. The van der Waals surface area contributed by atoms with Crippen molar-refractivity contribution in [2.45, 2.75) is 12.8 Å². The van der Waals surface area contributed by atoms with Gasteiger partial charge in [0.05, 0.1) is 11.3 Å². The Morgan fingerprint density at radius 3 is 2.29 bits per heavy atom. The number of rotatable bonds is 3. The van der Waals surface area contributed by atoms with Crippen LogP contribution in [0.2, 0.25) is 0 Å². The third-order valence-corrected chi connectivity index (χ3v) is 5.75. The zero-order valence-corrected chi connectivity index (χ0v) is 15.3. The monoisotopic (exact) mass is 402 g/mol. The molecule has 0 saturated carbocycles. The maximum Gasteiger partial charge on any atom is 0.282 e. The second-order valence-corrected chi connectivity index (χ2v) is 7.68. The van der Waals surface area contributed by atoms with Crippen LogP contribution in [0.1, 0.15) is 17.7 Å². The predicted molar refractivity (Wildman–Crippen MR) is 98.7 cm³/mol. The average molecular weight is 403 g/mol. The summed E-state index contributed by atoms with van der Waals surface area (Å²) in [4.78, 5) is 30.4. The van der Waals surface area contributed by atoms with Crippen LogP contribution in [0.25, 0.3) is 5.57 Å². The topological polar surface area (TPSA) is 40.6 Å². The van der Waals surface area contributed by atoms with Gasteiger partial charge in [-0.2, -0.15) is 0 Å². The van der Waals surface area contributed by atoms with Crippen molar-refractivity contribution in [2.75, 3.05) is 18.0 Å². The number of amides is 2. The van der Waals surface area contributed by atoms with Crippen molar-refractivity contribution in [3.05, 3.63) is 56.8 Å². The van der Waals surface area contributed by atoms with E-state index in [1.807, 2.05) is 29.6 Å². The van der Waals surface area contributed by atoms with Gasteiger partial charge in [-0.1, -0.05) is 22.0 Å². The number of halogens is 1. The summed E-state index contributed by atoms with van der Waals surface area (Å²) in [6.07, 6.45) is 2.11. The zero-order valence-electron chi connectivity index (χ0n) is 12.9. The molecule has 2 aliphatic heterocycles. The molecular formula is C18H15BrN2O2S. The van der Waals surface area contributed by atoms with E-state index in [1.54, 1.807) is 12.1 Å². The van der Waals surface area contributed by atoms with Gasteiger partial charge < -0.3 is 4.90 Å². The van der Waals surface area contributed by atoms with E-state index in [9.17, 15) is 9.59 Å². The summed E-state index contributed by atoms with van der Waals surface area (Å²) >= 11 is 4.88. The van der Waals surface area contributed by atoms with E-state index in [4.69, 9.17) is 0 Å². The number of nitrogens with zero attached hydrogens (tertiary/aromatic N) is 2. The predicted octanol–water partition coefficient (Wildman–Crippen LogP) is 3.89. The lowest BCUT2D eigenvalue weighted by molar-refractivity contribution is -0.120. The van der Waals surface area contributed by atoms with Crippen LogP contribution in [0.3, 0.4) is 0 Å². The Hall–Kier alpha value is -1.92. The molecule has 0 N–H and O–H groups in total. The average Bonchev–Trinajstić information content (AvgIpc) is 3.30. The Bertz CT molecular complexity index is 821. The molecule has 3 heterocycles. The highest BCUT2D eigenvalue weighted by atomic mass is 79.9. The molecule has 2 amide bonds. The number of likely N-dealkylation sites (tertiary alicyclic amines) is 1. The molecule has 1 saturated heterocycles. The van der Waals surface area contributed by atoms with Crippen LogP contribution >= 0.6 is 27.3 Å². The van der Waals surface area contributed by atoms with E-state index in [2.05, 4.69) is 20.8 Å². The fourth-order valence-corrected chi connectivity index (χ4v) is 4.25. The van der Waals surface area contributed by atoms with Crippen LogP contribution in [0.4, 0.5) is 5.69 Å². The summed E-state index contributed by atoms with van der Waals surface area (Å²) < 4.78 is 0.913. The summed E-state index contributed by atoms with van der Waals surface area (Å²) in [7, 11) is 0. The van der Waals surface area contributed by atoms with E-state index >= 15 is 0 Å². The molecule has 0 atom stereocenters. The fourth-order valence-electron chi connectivity index (χ4n) is 3.22. The first-order valence-electron chi connectivity index (χ1n) is 7.84. The SMILES string of the molecule is O=C1C(c2cccs2)=C(N2CCCC2)C(=O)N1c1ccc(Br)cc1. The Kier molecular flexibility index (Phi) is 4.02. The Balaban J connectivity index is 1.81. The number of imide groups is 1. The van der Waals surface area contributed by atoms with Crippen molar-refractivity contribution in [2.24, 2.45) is 0 Å². The van der Waals surface area contributed by atoms with Crippen molar-refractivity contribution in [3.8, 4) is 0 Å². The summed E-state index contributed by atoms with van der Waals surface area (Å²) in [5.41, 5.74) is 1.71. The lowest BCUT2D eigenvalue weighted by Gasteiger charge is -2.20. The van der Waals surface area contributed by atoms with Crippen LogP contribution in [0, 0.1) is 0 Å². The van der Waals surface area contributed by atoms with E-state index < -0.39 is 0 Å². The molecule has 4 nitrogen and oxygen atoms in total. The van der Waals surface area contributed by atoms with Crippen molar-refractivity contribution in [1.82, 2.24) is 4.90 Å². The molecule has 122 valence electrons. The molecule has 0 unspecified atom stereocenters. The molecule has 1 aromatic carbocycles. The first-order valence-corrected chi connectivity index (χ1v) is 9.51. The van der Waals surface area contributed by atoms with E-state index in [1.165, 1.54) is 16.2 Å². The van der Waals surface area contributed by atoms with Gasteiger partial charge in [0.15, 0.2) is 0 Å². The number of anilines is 1. The van der Waals surface area contributed by atoms with Gasteiger partial charge in [0.1, 0.15) is 5.70 Å². The highest BCUT2D eigenvalue weighted by Gasteiger charge is 2.43. The van der Waals surface area contributed by atoms with Crippen LogP contribution in [0.5, 0.6) is 0 Å². The highest BCUT2D eigenvalue weighted by molar-refractivity contribution is 9.10. The van der Waals surface area contributed by atoms with Gasteiger partial charge in [-0.15, -0.1) is 11.3 Å². The molecule has 2 aromatic rings.